The number of phosphoric acid groups is 1. The van der Waals surface area contributed by atoms with E-state index in [-0.39, 0.29) is 10.8 Å². The lowest BCUT2D eigenvalue weighted by molar-refractivity contribution is 0.252. The van der Waals surface area contributed by atoms with Gasteiger partial charge in [-0.3, -0.25) is 9.79 Å². The van der Waals surface area contributed by atoms with E-state index in [0.29, 0.717) is 15.7 Å². The summed E-state index contributed by atoms with van der Waals surface area (Å²) < 4.78 is 16.9. The Hall–Kier alpha value is -1.81. The van der Waals surface area contributed by atoms with Crippen LogP contribution in [0.4, 0.5) is 0 Å². The molecule has 156 valence electrons. The summed E-state index contributed by atoms with van der Waals surface area (Å²) >= 11 is 3.95. The SMILES string of the molecule is CC1(C)SC(c2nc3ccc(O)cc3s2)=N/C1=C(\OP(=O)(O)O)Sc1ccccc1. The van der Waals surface area contributed by atoms with Crippen LogP contribution in [-0.2, 0) is 9.09 Å². The highest BCUT2D eigenvalue weighted by atomic mass is 32.2. The molecule has 0 aliphatic carbocycles. The average Bonchev–Trinajstić information content (AvgIpc) is 3.20. The molecule has 30 heavy (non-hydrogen) atoms. The fourth-order valence-electron chi connectivity index (χ4n) is 2.75. The van der Waals surface area contributed by atoms with Crippen LogP contribution in [0.3, 0.4) is 0 Å². The molecule has 0 spiro atoms. The van der Waals surface area contributed by atoms with E-state index in [1.165, 1.54) is 23.1 Å². The number of thioether (sulfide) groups is 2. The number of aromatic hydroxyl groups is 1. The lowest BCUT2D eigenvalue weighted by Gasteiger charge is -2.20. The summed E-state index contributed by atoms with van der Waals surface area (Å²) in [5.41, 5.74) is 1.18. The van der Waals surface area contributed by atoms with Gasteiger partial charge >= 0.3 is 7.82 Å². The summed E-state index contributed by atoms with van der Waals surface area (Å²) in [6.45, 7) is 3.83. The normalized spacial score (nSPS) is 17.8. The third-order valence-electron chi connectivity index (χ3n) is 4.04. The minimum atomic E-state index is -4.79. The van der Waals surface area contributed by atoms with Crippen molar-refractivity contribution in [3.8, 4) is 5.75 Å². The number of rotatable bonds is 5. The molecule has 0 atom stereocenters. The summed E-state index contributed by atoms with van der Waals surface area (Å²) in [6, 6.07) is 14.1. The Bertz CT molecular complexity index is 1220. The molecule has 2 aromatic carbocycles. The number of hydrogen-bond donors (Lipinski definition) is 3. The molecule has 1 aliphatic rings. The Morgan fingerprint density at radius 1 is 1.17 bits per heavy atom. The van der Waals surface area contributed by atoms with Crippen LogP contribution in [0.1, 0.15) is 18.9 Å². The molecular formula is C19H17N2O5PS3. The second-order valence-corrected chi connectivity index (χ2v) is 11.7. The first kappa shape index (κ1) is 21.4. The Morgan fingerprint density at radius 3 is 2.60 bits per heavy atom. The zero-order valence-electron chi connectivity index (χ0n) is 15.8. The van der Waals surface area contributed by atoms with Crippen LogP contribution in [-0.4, -0.2) is 29.7 Å². The number of phenolic OH excluding ortho intramolecular Hbond substituents is 1. The first-order valence-corrected chi connectivity index (χ1v) is 12.7. The van der Waals surface area contributed by atoms with Gasteiger partial charge in [-0.05, 0) is 44.2 Å². The molecule has 3 N–H and O–H groups in total. The van der Waals surface area contributed by atoms with Crippen LogP contribution in [0, 0.1) is 0 Å². The van der Waals surface area contributed by atoms with Crippen molar-refractivity contribution in [1.82, 2.24) is 4.98 Å². The standard InChI is InChI=1S/C19H17N2O5PS3/c1-19(2)15(18(26-27(23,24)25)28-12-6-4-3-5-7-12)21-17(30-19)16-20-13-9-8-11(22)10-14(13)29-16/h3-10,22H,1-2H3,(H2,23,24,25)/b18-15+. The van der Waals surface area contributed by atoms with E-state index in [1.54, 1.807) is 18.2 Å². The fourth-order valence-corrected chi connectivity index (χ4v) is 6.58. The second kappa shape index (κ2) is 8.03. The number of aromatic nitrogens is 1. The van der Waals surface area contributed by atoms with Gasteiger partial charge in [-0.1, -0.05) is 41.7 Å². The summed E-state index contributed by atoms with van der Waals surface area (Å²) in [5.74, 6) is 0.163. The van der Waals surface area contributed by atoms with Crippen molar-refractivity contribution in [2.75, 3.05) is 0 Å². The predicted octanol–water partition coefficient (Wildman–Crippen LogP) is 5.34. The maximum absolute atomic E-state index is 11.6. The number of phenols is 1. The first-order chi connectivity index (χ1) is 14.1. The third kappa shape index (κ3) is 4.74. The van der Waals surface area contributed by atoms with E-state index in [1.807, 2.05) is 44.2 Å². The van der Waals surface area contributed by atoms with Gasteiger partial charge in [0.25, 0.3) is 0 Å². The number of benzene rings is 2. The Balaban J connectivity index is 1.79. The maximum atomic E-state index is 11.6. The van der Waals surface area contributed by atoms with Crippen molar-refractivity contribution >= 4 is 57.9 Å². The topological polar surface area (TPSA) is 112 Å². The lowest BCUT2D eigenvalue weighted by atomic mass is 10.1. The molecule has 0 saturated heterocycles. The summed E-state index contributed by atoms with van der Waals surface area (Å²) in [5, 5.41) is 11.1. The molecule has 0 unspecified atom stereocenters. The number of aliphatic imine (C=N–C) groups is 1. The van der Waals surface area contributed by atoms with Crippen LogP contribution < -0.4 is 0 Å². The van der Waals surface area contributed by atoms with Crippen LogP contribution in [0.5, 0.6) is 5.75 Å². The average molecular weight is 481 g/mol. The van der Waals surface area contributed by atoms with Gasteiger partial charge in [-0.25, -0.2) is 14.5 Å². The molecule has 11 heteroatoms. The van der Waals surface area contributed by atoms with E-state index in [2.05, 4.69) is 9.98 Å². The Morgan fingerprint density at radius 2 is 1.90 bits per heavy atom. The van der Waals surface area contributed by atoms with E-state index in [9.17, 15) is 19.5 Å². The molecular weight excluding hydrogens is 463 g/mol. The van der Waals surface area contributed by atoms with Gasteiger partial charge in [0, 0.05) is 4.90 Å². The van der Waals surface area contributed by atoms with Crippen LogP contribution in [0.15, 0.2) is 69.2 Å². The number of phosphoric ester groups is 1. The van der Waals surface area contributed by atoms with Crippen molar-refractivity contribution in [3.05, 3.63) is 64.3 Å². The van der Waals surface area contributed by atoms with E-state index in [4.69, 9.17) is 4.52 Å². The van der Waals surface area contributed by atoms with Gasteiger partial charge in [0.1, 0.15) is 21.5 Å². The van der Waals surface area contributed by atoms with Crippen LogP contribution >= 0.6 is 42.7 Å². The van der Waals surface area contributed by atoms with Gasteiger partial charge in [0.2, 0.25) is 0 Å². The van der Waals surface area contributed by atoms with Gasteiger partial charge in [0.05, 0.1) is 15.0 Å². The summed E-state index contributed by atoms with van der Waals surface area (Å²) in [6.07, 6.45) is 0. The highest BCUT2D eigenvalue weighted by molar-refractivity contribution is 8.16. The smallest absolute Gasteiger partial charge is 0.508 e. The predicted molar refractivity (Wildman–Crippen MR) is 122 cm³/mol. The minimum absolute atomic E-state index is 0.0563. The van der Waals surface area contributed by atoms with E-state index < -0.39 is 12.6 Å². The van der Waals surface area contributed by atoms with Crippen molar-refractivity contribution in [2.24, 2.45) is 4.99 Å². The molecule has 0 amide bonds. The molecule has 3 aromatic rings. The van der Waals surface area contributed by atoms with Gasteiger partial charge in [-0.15, -0.1) is 11.3 Å². The zero-order valence-corrected chi connectivity index (χ0v) is 19.2. The Labute approximate surface area is 185 Å². The first-order valence-electron chi connectivity index (χ1n) is 8.71. The largest absolute Gasteiger partial charge is 0.525 e. The molecule has 4 rings (SSSR count). The summed E-state index contributed by atoms with van der Waals surface area (Å²) in [4.78, 5) is 28.9. The fraction of sp³-hybridized carbons (Fsp3) is 0.158. The van der Waals surface area contributed by atoms with E-state index in [0.717, 1.165) is 26.9 Å². The second-order valence-electron chi connectivity index (χ2n) is 6.83. The quantitative estimate of drug-likeness (QED) is 0.255. The molecule has 0 radical (unpaired) electrons. The lowest BCUT2D eigenvalue weighted by Crippen LogP contribution is -2.15. The van der Waals surface area contributed by atoms with Gasteiger partial charge in [0.15, 0.2) is 5.09 Å². The molecule has 2 heterocycles. The van der Waals surface area contributed by atoms with Crippen LogP contribution in [0.2, 0.25) is 0 Å². The highest BCUT2D eigenvalue weighted by Gasteiger charge is 2.39. The van der Waals surface area contributed by atoms with Crippen LogP contribution in [0.25, 0.3) is 10.2 Å². The van der Waals surface area contributed by atoms with Crippen molar-refractivity contribution in [3.63, 3.8) is 0 Å². The zero-order chi connectivity index (χ0) is 21.5. The number of hydrogen-bond acceptors (Lipinski definition) is 8. The monoisotopic (exact) mass is 480 g/mol. The number of nitrogens with zero attached hydrogens (tertiary/aromatic N) is 2. The van der Waals surface area contributed by atoms with E-state index >= 15 is 0 Å². The Kier molecular flexibility index (Phi) is 5.73. The number of thiazole rings is 1. The maximum Gasteiger partial charge on any atom is 0.525 e. The third-order valence-corrected chi connectivity index (χ3v) is 7.89. The molecule has 0 bridgehead atoms. The van der Waals surface area contributed by atoms with Crippen molar-refractivity contribution in [1.29, 1.82) is 0 Å². The molecule has 1 aromatic heterocycles. The molecule has 7 nitrogen and oxygen atoms in total. The highest BCUT2D eigenvalue weighted by Crippen LogP contribution is 2.52. The molecule has 0 fully saturated rings. The van der Waals surface area contributed by atoms with Crippen molar-refractivity contribution < 1.29 is 24.0 Å². The summed E-state index contributed by atoms with van der Waals surface area (Å²) in [7, 11) is -4.79. The van der Waals surface area contributed by atoms with Gasteiger partial charge in [-0.2, -0.15) is 0 Å². The minimum Gasteiger partial charge on any atom is -0.508 e. The van der Waals surface area contributed by atoms with Crippen molar-refractivity contribution in [2.45, 2.75) is 23.5 Å². The molecule has 0 saturated carbocycles. The number of fused-ring (bicyclic) bond motifs is 1. The molecule has 1 aliphatic heterocycles. The van der Waals surface area contributed by atoms with Gasteiger partial charge < -0.3 is 9.63 Å².